The van der Waals surface area contributed by atoms with Gasteiger partial charge in [-0.3, -0.25) is 9.36 Å². The molecule has 2 aromatic heterocycles. The van der Waals surface area contributed by atoms with E-state index < -0.39 is 5.91 Å². The highest BCUT2D eigenvalue weighted by molar-refractivity contribution is 5.90. The van der Waals surface area contributed by atoms with Gasteiger partial charge in [0.05, 0.1) is 0 Å². The first-order valence-electron chi connectivity index (χ1n) is 3.81. The molecule has 0 aliphatic rings. The normalized spacial score (nSPS) is 10.0. The molecule has 0 fully saturated rings. The van der Waals surface area contributed by atoms with E-state index in [-0.39, 0.29) is 5.69 Å². The second kappa shape index (κ2) is 3.25. The number of rotatable bonds is 2. The van der Waals surface area contributed by atoms with Crippen molar-refractivity contribution in [2.45, 2.75) is 0 Å². The highest BCUT2D eigenvalue weighted by Crippen LogP contribution is 2.02. The van der Waals surface area contributed by atoms with Crippen LogP contribution in [-0.2, 0) is 0 Å². The van der Waals surface area contributed by atoms with Crippen molar-refractivity contribution >= 4 is 5.91 Å². The second-order valence-corrected chi connectivity index (χ2v) is 2.53. The number of carbonyl (C=O) groups excluding carboxylic acids is 1. The summed E-state index contributed by atoms with van der Waals surface area (Å²) in [5.41, 5.74) is 5.16. The molecular formula is C8H6N5O. The molecule has 1 radical (unpaired) electrons. The summed E-state index contributed by atoms with van der Waals surface area (Å²) in [5, 5.41) is 7.24. The van der Waals surface area contributed by atoms with Crippen LogP contribution in [0.25, 0.3) is 5.82 Å². The number of pyridine rings is 1. The lowest BCUT2D eigenvalue weighted by atomic mass is 10.3. The zero-order valence-corrected chi connectivity index (χ0v) is 7.08. The van der Waals surface area contributed by atoms with Crippen LogP contribution in [0.15, 0.2) is 24.8 Å². The van der Waals surface area contributed by atoms with Crippen LogP contribution in [0.1, 0.15) is 10.5 Å². The molecule has 1 amide bonds. The number of hydrogen-bond acceptors (Lipinski definition) is 4. The standard InChI is InChI=1S/C8H6N5O/c9-8(14)6-2-1-3-7(12-6)13-4-10-11-5-13/h1,3-5H,(H2,9,14). The van der Waals surface area contributed by atoms with Gasteiger partial charge in [0.2, 0.25) is 0 Å². The maximum Gasteiger partial charge on any atom is 0.268 e. The molecular weight excluding hydrogens is 182 g/mol. The molecule has 2 N–H and O–H groups in total. The molecule has 2 rings (SSSR count). The van der Waals surface area contributed by atoms with Crippen molar-refractivity contribution in [3.8, 4) is 5.82 Å². The predicted octanol–water partition coefficient (Wildman–Crippen LogP) is -0.439. The van der Waals surface area contributed by atoms with Gasteiger partial charge in [0.25, 0.3) is 5.91 Å². The summed E-state index contributed by atoms with van der Waals surface area (Å²) in [6, 6.07) is 5.88. The Kier molecular flexibility index (Phi) is 1.94. The Bertz CT molecular complexity index is 451. The molecule has 6 nitrogen and oxygen atoms in total. The lowest BCUT2D eigenvalue weighted by Gasteiger charge is -2.00. The van der Waals surface area contributed by atoms with E-state index in [1.807, 2.05) is 0 Å². The number of aromatic nitrogens is 4. The molecule has 69 valence electrons. The van der Waals surface area contributed by atoms with Crippen molar-refractivity contribution in [3.63, 3.8) is 0 Å². The maximum absolute atomic E-state index is 10.8. The zero-order valence-electron chi connectivity index (χ0n) is 7.08. The number of hydrogen-bond donors (Lipinski definition) is 1. The van der Waals surface area contributed by atoms with E-state index in [9.17, 15) is 4.79 Å². The summed E-state index contributed by atoms with van der Waals surface area (Å²) in [5.74, 6) is -0.0810. The average Bonchev–Trinajstić information content (AvgIpc) is 2.71. The third-order valence-electron chi connectivity index (χ3n) is 1.60. The van der Waals surface area contributed by atoms with Crippen LogP contribution in [-0.4, -0.2) is 25.7 Å². The minimum atomic E-state index is -0.611. The highest BCUT2D eigenvalue weighted by atomic mass is 16.1. The predicted molar refractivity (Wildman–Crippen MR) is 46.5 cm³/mol. The van der Waals surface area contributed by atoms with Crippen LogP contribution in [0.5, 0.6) is 0 Å². The van der Waals surface area contributed by atoms with Crippen LogP contribution in [0.4, 0.5) is 0 Å². The van der Waals surface area contributed by atoms with Gasteiger partial charge in [-0.25, -0.2) is 4.98 Å². The average molecular weight is 188 g/mol. The quantitative estimate of drug-likeness (QED) is 0.692. The van der Waals surface area contributed by atoms with Gasteiger partial charge in [-0.15, -0.1) is 10.2 Å². The third-order valence-corrected chi connectivity index (χ3v) is 1.60. The van der Waals surface area contributed by atoms with E-state index in [1.165, 1.54) is 12.7 Å². The molecule has 2 aromatic rings. The Labute approximate surface area is 79.4 Å². The molecule has 0 atom stereocenters. The number of nitrogens with zero attached hydrogens (tertiary/aromatic N) is 4. The molecule has 0 bridgehead atoms. The van der Waals surface area contributed by atoms with E-state index in [2.05, 4.69) is 21.2 Å². The summed E-state index contributed by atoms with van der Waals surface area (Å²) >= 11 is 0. The van der Waals surface area contributed by atoms with Gasteiger partial charge in [-0.1, -0.05) is 0 Å². The smallest absolute Gasteiger partial charge is 0.268 e. The second-order valence-electron chi connectivity index (χ2n) is 2.53. The third kappa shape index (κ3) is 1.45. The van der Waals surface area contributed by atoms with E-state index in [4.69, 9.17) is 5.73 Å². The van der Waals surface area contributed by atoms with Crippen LogP contribution in [0.2, 0.25) is 0 Å². The number of nitrogens with two attached hydrogens (primary N) is 1. The summed E-state index contributed by atoms with van der Waals surface area (Å²) < 4.78 is 1.57. The van der Waals surface area contributed by atoms with Crippen molar-refractivity contribution in [1.29, 1.82) is 0 Å². The molecule has 0 saturated heterocycles. The molecule has 14 heavy (non-hydrogen) atoms. The van der Waals surface area contributed by atoms with Crippen LogP contribution in [0, 0.1) is 6.07 Å². The molecule has 2 heterocycles. The fourth-order valence-corrected chi connectivity index (χ4v) is 0.968. The number of amides is 1. The Morgan fingerprint density at radius 1 is 1.43 bits per heavy atom. The monoisotopic (exact) mass is 188 g/mol. The maximum atomic E-state index is 10.8. The van der Waals surface area contributed by atoms with Crippen LogP contribution in [0.3, 0.4) is 0 Å². The minimum absolute atomic E-state index is 0.0937. The summed E-state index contributed by atoms with van der Waals surface area (Å²) in [4.78, 5) is 14.8. The minimum Gasteiger partial charge on any atom is -0.364 e. The molecule has 0 unspecified atom stereocenters. The van der Waals surface area contributed by atoms with Crippen molar-refractivity contribution < 1.29 is 4.79 Å². The van der Waals surface area contributed by atoms with Crippen molar-refractivity contribution in [1.82, 2.24) is 19.7 Å². The van der Waals surface area contributed by atoms with Crippen molar-refractivity contribution in [2.75, 3.05) is 0 Å². The molecule has 0 spiro atoms. The zero-order chi connectivity index (χ0) is 9.97. The van der Waals surface area contributed by atoms with Crippen molar-refractivity contribution in [2.24, 2.45) is 5.73 Å². The fourth-order valence-electron chi connectivity index (χ4n) is 0.968. The van der Waals surface area contributed by atoms with Gasteiger partial charge < -0.3 is 5.73 Å². The van der Waals surface area contributed by atoms with Crippen LogP contribution >= 0.6 is 0 Å². The van der Waals surface area contributed by atoms with Gasteiger partial charge in [-0.2, -0.15) is 0 Å². The first-order valence-corrected chi connectivity index (χ1v) is 3.81. The molecule has 6 heteroatoms. The lowest BCUT2D eigenvalue weighted by molar-refractivity contribution is 0.0995. The SMILES string of the molecule is NC(=O)c1[c]ccc(-n2cnnc2)n1. The molecule has 0 saturated carbocycles. The van der Waals surface area contributed by atoms with E-state index in [1.54, 1.807) is 16.7 Å². The highest BCUT2D eigenvalue weighted by Gasteiger charge is 2.04. The first-order chi connectivity index (χ1) is 6.77. The van der Waals surface area contributed by atoms with Crippen molar-refractivity contribution in [3.05, 3.63) is 36.5 Å². The molecule has 0 aliphatic heterocycles. The van der Waals surface area contributed by atoms with Gasteiger partial charge in [0.15, 0.2) is 0 Å². The largest absolute Gasteiger partial charge is 0.364 e. The van der Waals surface area contributed by atoms with Crippen LogP contribution < -0.4 is 5.73 Å². The summed E-state index contributed by atoms with van der Waals surface area (Å²) in [7, 11) is 0. The van der Waals surface area contributed by atoms with E-state index >= 15 is 0 Å². The lowest BCUT2D eigenvalue weighted by Crippen LogP contribution is -2.14. The Hall–Kier alpha value is -2.24. The van der Waals surface area contributed by atoms with E-state index in [0.717, 1.165) is 0 Å². The topological polar surface area (TPSA) is 86.7 Å². The van der Waals surface area contributed by atoms with Gasteiger partial charge in [-0.05, 0) is 12.1 Å². The Balaban J connectivity index is 2.46. The Morgan fingerprint density at radius 3 is 2.79 bits per heavy atom. The first kappa shape index (κ1) is 8.36. The number of carbonyl (C=O) groups is 1. The van der Waals surface area contributed by atoms with Gasteiger partial charge >= 0.3 is 0 Å². The number of primary amides is 1. The summed E-state index contributed by atoms with van der Waals surface area (Å²) in [6.07, 6.45) is 2.96. The fraction of sp³-hybridized carbons (Fsp3) is 0. The molecule has 0 aliphatic carbocycles. The van der Waals surface area contributed by atoms with Gasteiger partial charge in [0.1, 0.15) is 24.2 Å². The van der Waals surface area contributed by atoms with E-state index in [0.29, 0.717) is 5.82 Å². The van der Waals surface area contributed by atoms with Gasteiger partial charge in [0, 0.05) is 6.07 Å². The Morgan fingerprint density at radius 2 is 2.14 bits per heavy atom. The molecule has 0 aromatic carbocycles. The summed E-state index contributed by atoms with van der Waals surface area (Å²) in [6.45, 7) is 0.